The van der Waals surface area contributed by atoms with Gasteiger partial charge in [0, 0.05) is 6.42 Å². The van der Waals surface area contributed by atoms with E-state index in [9.17, 15) is 19.5 Å². The highest BCUT2D eigenvalue weighted by Crippen LogP contribution is 2.12. The Kier molecular flexibility index (Phi) is 8.86. The Hall–Kier alpha value is -4.53. The van der Waals surface area contributed by atoms with Crippen LogP contribution in [0.3, 0.4) is 0 Å². The summed E-state index contributed by atoms with van der Waals surface area (Å²) in [6.07, 6.45) is -0.630. The summed E-state index contributed by atoms with van der Waals surface area (Å²) in [4.78, 5) is 37.2. The predicted octanol–water partition coefficient (Wildman–Crippen LogP) is 2.49. The van der Waals surface area contributed by atoms with Gasteiger partial charge in [-0.1, -0.05) is 60.7 Å². The quantitative estimate of drug-likeness (QED) is 0.295. The number of benzene rings is 3. The van der Waals surface area contributed by atoms with Crippen molar-refractivity contribution in [2.24, 2.45) is 0 Å². The average Bonchev–Trinajstić information content (AvgIpc) is 2.87. The fraction of sp³-hybridized carbons (Fsp3) is 0.160. The van der Waals surface area contributed by atoms with Gasteiger partial charge in [-0.3, -0.25) is 20.4 Å². The topological polar surface area (TPSA) is 129 Å². The zero-order valence-electron chi connectivity index (χ0n) is 18.4. The molecule has 9 nitrogen and oxygen atoms in total. The highest BCUT2D eigenvalue weighted by molar-refractivity contribution is 5.90. The second-order valence-electron chi connectivity index (χ2n) is 7.39. The van der Waals surface area contributed by atoms with Crippen LogP contribution in [-0.4, -0.2) is 35.6 Å². The number of nitrogens with one attached hydrogen (secondary N) is 4. The van der Waals surface area contributed by atoms with Crippen LogP contribution >= 0.6 is 0 Å². The zero-order valence-corrected chi connectivity index (χ0v) is 18.4. The number of para-hydroxylation sites is 1. The van der Waals surface area contributed by atoms with E-state index in [-0.39, 0.29) is 25.3 Å². The minimum absolute atomic E-state index is 0.0494. The van der Waals surface area contributed by atoms with Crippen molar-refractivity contribution >= 4 is 23.6 Å². The summed E-state index contributed by atoms with van der Waals surface area (Å²) < 4.78 is 5.22. The molecule has 3 rings (SSSR count). The van der Waals surface area contributed by atoms with E-state index in [4.69, 9.17) is 4.74 Å². The molecule has 0 bridgehead atoms. The minimum atomic E-state index is -0.998. The minimum Gasteiger partial charge on any atom is -0.508 e. The molecule has 176 valence electrons. The second kappa shape index (κ2) is 12.5. The monoisotopic (exact) mass is 462 g/mol. The molecule has 0 unspecified atom stereocenters. The van der Waals surface area contributed by atoms with Gasteiger partial charge in [0.1, 0.15) is 18.4 Å². The van der Waals surface area contributed by atoms with Crippen molar-refractivity contribution in [2.75, 3.05) is 12.0 Å². The van der Waals surface area contributed by atoms with E-state index in [2.05, 4.69) is 21.5 Å². The molecule has 0 heterocycles. The first kappa shape index (κ1) is 24.1. The lowest BCUT2D eigenvalue weighted by atomic mass is 10.1. The van der Waals surface area contributed by atoms with Crippen LogP contribution in [0.1, 0.15) is 11.1 Å². The van der Waals surface area contributed by atoms with Crippen LogP contribution in [0.15, 0.2) is 84.9 Å². The van der Waals surface area contributed by atoms with E-state index in [1.165, 1.54) is 12.1 Å². The van der Waals surface area contributed by atoms with E-state index in [1.54, 1.807) is 24.3 Å². The fourth-order valence-corrected chi connectivity index (χ4v) is 2.98. The van der Waals surface area contributed by atoms with Crippen LogP contribution in [0.5, 0.6) is 5.75 Å². The van der Waals surface area contributed by atoms with Gasteiger partial charge in [0.2, 0.25) is 5.91 Å². The van der Waals surface area contributed by atoms with Gasteiger partial charge in [-0.05, 0) is 35.4 Å². The Bertz CT molecular complexity index is 1080. The number of alkyl carbamates (subject to hydrolysis) is 1. The summed E-state index contributed by atoms with van der Waals surface area (Å²) in [6, 6.07) is 23.4. The van der Waals surface area contributed by atoms with Gasteiger partial charge in [0.15, 0.2) is 0 Å². The number of amides is 3. The van der Waals surface area contributed by atoms with Crippen LogP contribution in [-0.2, 0) is 27.4 Å². The molecule has 0 aromatic heterocycles. The molecule has 0 radical (unpaired) electrons. The largest absolute Gasteiger partial charge is 0.508 e. The summed E-state index contributed by atoms with van der Waals surface area (Å²) >= 11 is 0. The zero-order chi connectivity index (χ0) is 24.2. The Balaban J connectivity index is 1.55. The smallest absolute Gasteiger partial charge is 0.408 e. The molecule has 0 aliphatic rings. The number of hydrazine groups is 1. The highest BCUT2D eigenvalue weighted by atomic mass is 16.5. The lowest BCUT2D eigenvalue weighted by Gasteiger charge is -2.19. The number of rotatable bonds is 10. The maximum Gasteiger partial charge on any atom is 0.408 e. The number of hydrogen-bond donors (Lipinski definition) is 5. The predicted molar refractivity (Wildman–Crippen MR) is 127 cm³/mol. The molecule has 3 aromatic carbocycles. The Morgan fingerprint density at radius 2 is 1.47 bits per heavy atom. The summed E-state index contributed by atoms with van der Waals surface area (Å²) in [7, 11) is 0. The SMILES string of the molecule is O=C(CNC(=O)[C@H](Cc1ccc(O)cc1)NC(=O)OCc1ccccc1)NNc1ccccc1. The Morgan fingerprint density at radius 1 is 0.824 bits per heavy atom. The molecule has 0 fully saturated rings. The van der Waals surface area contributed by atoms with Gasteiger partial charge in [-0.25, -0.2) is 4.79 Å². The third kappa shape index (κ3) is 8.19. The van der Waals surface area contributed by atoms with Crippen molar-refractivity contribution in [3.8, 4) is 5.75 Å². The third-order valence-corrected chi connectivity index (χ3v) is 4.74. The van der Waals surface area contributed by atoms with Crippen molar-refractivity contribution < 1.29 is 24.2 Å². The van der Waals surface area contributed by atoms with Crippen molar-refractivity contribution in [1.82, 2.24) is 16.1 Å². The van der Waals surface area contributed by atoms with Gasteiger partial charge in [0.05, 0.1) is 12.2 Å². The number of carbonyl (C=O) groups excluding carboxylic acids is 3. The summed E-state index contributed by atoms with van der Waals surface area (Å²) in [6.45, 7) is -0.251. The van der Waals surface area contributed by atoms with E-state index in [1.807, 2.05) is 48.5 Å². The van der Waals surface area contributed by atoms with Crippen LogP contribution in [0.25, 0.3) is 0 Å². The second-order valence-corrected chi connectivity index (χ2v) is 7.39. The third-order valence-electron chi connectivity index (χ3n) is 4.74. The molecule has 0 aliphatic heterocycles. The lowest BCUT2D eigenvalue weighted by Crippen LogP contribution is -2.50. The van der Waals surface area contributed by atoms with Crippen molar-refractivity contribution in [3.63, 3.8) is 0 Å². The first-order valence-corrected chi connectivity index (χ1v) is 10.6. The number of phenolic OH excluding ortho intramolecular Hbond substituents is 1. The number of carbonyl (C=O) groups is 3. The number of ether oxygens (including phenoxy) is 1. The molecule has 3 amide bonds. The maximum absolute atomic E-state index is 12.8. The van der Waals surface area contributed by atoms with Crippen LogP contribution in [0.2, 0.25) is 0 Å². The van der Waals surface area contributed by atoms with Gasteiger partial charge < -0.3 is 20.5 Å². The molecule has 0 spiro atoms. The first-order chi connectivity index (χ1) is 16.5. The van der Waals surface area contributed by atoms with Gasteiger partial charge in [-0.15, -0.1) is 0 Å². The molecular formula is C25H26N4O5. The number of aromatic hydroxyl groups is 1. The van der Waals surface area contributed by atoms with Crippen molar-refractivity contribution in [1.29, 1.82) is 0 Å². The summed E-state index contributed by atoms with van der Waals surface area (Å²) in [5.74, 6) is -0.936. The standard InChI is InChI=1S/C25H26N4O5/c30-21-13-11-18(12-14-21)15-22(27-25(33)34-17-19-7-3-1-4-8-19)24(32)26-16-23(31)29-28-20-9-5-2-6-10-20/h1-14,22,28,30H,15-17H2,(H,26,32)(H,27,33)(H,29,31)/t22-/m0/s1. The van der Waals surface area contributed by atoms with Crippen molar-refractivity contribution in [3.05, 3.63) is 96.1 Å². The molecule has 0 aliphatic carbocycles. The molecule has 3 aromatic rings. The molecule has 1 atom stereocenters. The molecule has 0 saturated carbocycles. The van der Waals surface area contributed by atoms with Gasteiger partial charge in [0.25, 0.3) is 5.91 Å². The number of phenols is 1. The van der Waals surface area contributed by atoms with E-state index < -0.39 is 23.9 Å². The fourth-order valence-electron chi connectivity index (χ4n) is 2.98. The van der Waals surface area contributed by atoms with Crippen LogP contribution in [0, 0.1) is 0 Å². The first-order valence-electron chi connectivity index (χ1n) is 10.6. The van der Waals surface area contributed by atoms with Crippen molar-refractivity contribution in [2.45, 2.75) is 19.1 Å². The molecule has 9 heteroatoms. The Morgan fingerprint density at radius 3 is 2.15 bits per heavy atom. The van der Waals surface area contributed by atoms with E-state index in [0.29, 0.717) is 11.3 Å². The Labute approximate surface area is 197 Å². The highest BCUT2D eigenvalue weighted by Gasteiger charge is 2.22. The van der Waals surface area contributed by atoms with E-state index in [0.717, 1.165) is 5.56 Å². The summed E-state index contributed by atoms with van der Waals surface area (Å²) in [5.41, 5.74) is 7.43. The number of anilines is 1. The van der Waals surface area contributed by atoms with Crippen LogP contribution < -0.4 is 21.5 Å². The average molecular weight is 463 g/mol. The molecule has 0 saturated heterocycles. The van der Waals surface area contributed by atoms with Gasteiger partial charge >= 0.3 is 6.09 Å². The summed E-state index contributed by atoms with van der Waals surface area (Å²) in [5, 5.41) is 14.6. The molecule has 34 heavy (non-hydrogen) atoms. The van der Waals surface area contributed by atoms with E-state index >= 15 is 0 Å². The normalized spacial score (nSPS) is 11.1. The molecular weight excluding hydrogens is 436 g/mol. The number of hydrogen-bond acceptors (Lipinski definition) is 6. The van der Waals surface area contributed by atoms with Gasteiger partial charge in [-0.2, -0.15) is 0 Å². The van der Waals surface area contributed by atoms with Crippen LogP contribution in [0.4, 0.5) is 10.5 Å². The molecule has 5 N–H and O–H groups in total. The lowest BCUT2D eigenvalue weighted by molar-refractivity contribution is -0.127. The maximum atomic E-state index is 12.8.